The van der Waals surface area contributed by atoms with Gasteiger partial charge >= 0.3 is 6.18 Å². The minimum Gasteiger partial charge on any atom is -0.348 e. The summed E-state index contributed by atoms with van der Waals surface area (Å²) in [6.07, 6.45) is -2.73. The van der Waals surface area contributed by atoms with E-state index in [4.69, 9.17) is 0 Å². The van der Waals surface area contributed by atoms with Crippen molar-refractivity contribution in [1.29, 1.82) is 0 Å². The van der Waals surface area contributed by atoms with E-state index in [1.54, 1.807) is 0 Å². The van der Waals surface area contributed by atoms with Crippen LogP contribution in [0.3, 0.4) is 0 Å². The summed E-state index contributed by atoms with van der Waals surface area (Å²) in [6.45, 7) is 0.839. The van der Waals surface area contributed by atoms with E-state index >= 15 is 0 Å². The zero-order valence-corrected chi connectivity index (χ0v) is 10.2. The van der Waals surface area contributed by atoms with Gasteiger partial charge in [-0.3, -0.25) is 4.79 Å². The van der Waals surface area contributed by atoms with Crippen LogP contribution in [0.4, 0.5) is 13.2 Å². The van der Waals surface area contributed by atoms with E-state index < -0.39 is 11.9 Å². The van der Waals surface area contributed by atoms with E-state index in [9.17, 15) is 18.0 Å². The van der Waals surface area contributed by atoms with Crippen LogP contribution >= 0.6 is 11.3 Å². The molecule has 0 bridgehead atoms. The van der Waals surface area contributed by atoms with Crippen LogP contribution in [-0.4, -0.2) is 23.5 Å². The van der Waals surface area contributed by atoms with E-state index in [1.165, 1.54) is 0 Å². The molecule has 0 spiro atoms. The van der Waals surface area contributed by atoms with Crippen LogP contribution < -0.4 is 10.6 Å². The Bertz CT molecular complexity index is 426. The van der Waals surface area contributed by atoms with Crippen LogP contribution in [0.5, 0.6) is 0 Å². The van der Waals surface area contributed by atoms with Crippen molar-refractivity contribution in [2.75, 3.05) is 6.54 Å². The van der Waals surface area contributed by atoms with E-state index in [0.29, 0.717) is 0 Å². The number of amides is 1. The monoisotopic (exact) mass is 279 g/mol. The topological polar surface area (TPSA) is 54.0 Å². The molecular weight excluding hydrogens is 267 g/mol. The number of rotatable bonds is 3. The lowest BCUT2D eigenvalue weighted by atomic mass is 10.2. The summed E-state index contributed by atoms with van der Waals surface area (Å²) < 4.78 is 36.9. The molecule has 0 saturated carbocycles. The number of halogens is 3. The SMILES string of the molecule is O=C(NCc1nc(C(F)(F)F)cs1)C1CCCN1. The number of hydrogen-bond donors (Lipinski definition) is 2. The van der Waals surface area contributed by atoms with Crippen LogP contribution in [0, 0.1) is 0 Å². The predicted octanol–water partition coefficient (Wildman–Crippen LogP) is 1.53. The van der Waals surface area contributed by atoms with Gasteiger partial charge in [0.05, 0.1) is 12.6 Å². The van der Waals surface area contributed by atoms with Crippen LogP contribution in [-0.2, 0) is 17.5 Å². The molecule has 2 heterocycles. The van der Waals surface area contributed by atoms with Crippen molar-refractivity contribution < 1.29 is 18.0 Å². The highest BCUT2D eigenvalue weighted by Crippen LogP contribution is 2.29. The Morgan fingerprint density at radius 2 is 2.39 bits per heavy atom. The molecular formula is C10H12F3N3OS. The first-order chi connectivity index (χ1) is 8.47. The van der Waals surface area contributed by atoms with Gasteiger partial charge in [-0.25, -0.2) is 4.98 Å². The van der Waals surface area contributed by atoms with Gasteiger partial charge in [0.25, 0.3) is 0 Å². The molecule has 4 nitrogen and oxygen atoms in total. The third kappa shape index (κ3) is 3.20. The van der Waals surface area contributed by atoms with E-state index in [2.05, 4.69) is 15.6 Å². The number of alkyl halides is 3. The number of carbonyl (C=O) groups excluding carboxylic acids is 1. The molecule has 1 fully saturated rings. The van der Waals surface area contributed by atoms with Gasteiger partial charge in [0.2, 0.25) is 5.91 Å². The average Bonchev–Trinajstić information content (AvgIpc) is 2.96. The van der Waals surface area contributed by atoms with Crippen molar-refractivity contribution in [3.05, 3.63) is 16.1 Å². The second-order valence-electron chi connectivity index (χ2n) is 3.99. The molecule has 18 heavy (non-hydrogen) atoms. The Morgan fingerprint density at radius 1 is 1.61 bits per heavy atom. The van der Waals surface area contributed by atoms with Crippen molar-refractivity contribution in [3.63, 3.8) is 0 Å². The lowest BCUT2D eigenvalue weighted by Crippen LogP contribution is -2.40. The molecule has 0 aromatic carbocycles. The second kappa shape index (κ2) is 5.23. The summed E-state index contributed by atoms with van der Waals surface area (Å²) >= 11 is 0.895. The normalized spacial score (nSPS) is 20.1. The van der Waals surface area contributed by atoms with Gasteiger partial charge in [-0.2, -0.15) is 13.2 Å². The molecule has 1 atom stereocenters. The fraction of sp³-hybridized carbons (Fsp3) is 0.600. The number of nitrogens with one attached hydrogen (secondary N) is 2. The molecule has 0 aliphatic carbocycles. The van der Waals surface area contributed by atoms with Crippen LogP contribution in [0.15, 0.2) is 5.38 Å². The number of hydrogen-bond acceptors (Lipinski definition) is 4. The number of nitrogens with zero attached hydrogens (tertiary/aromatic N) is 1. The molecule has 1 aromatic rings. The lowest BCUT2D eigenvalue weighted by Gasteiger charge is -2.09. The van der Waals surface area contributed by atoms with Crippen LogP contribution in [0.25, 0.3) is 0 Å². The molecule has 100 valence electrons. The third-order valence-corrected chi connectivity index (χ3v) is 3.48. The molecule has 1 aromatic heterocycles. The van der Waals surface area contributed by atoms with Crippen molar-refractivity contribution in [3.8, 4) is 0 Å². The Morgan fingerprint density at radius 3 is 2.94 bits per heavy atom. The molecule has 1 saturated heterocycles. The van der Waals surface area contributed by atoms with Crippen molar-refractivity contribution >= 4 is 17.2 Å². The molecule has 2 N–H and O–H groups in total. The molecule has 1 unspecified atom stereocenters. The van der Waals surface area contributed by atoms with Gasteiger partial charge in [-0.15, -0.1) is 11.3 Å². The Balaban J connectivity index is 1.86. The number of aromatic nitrogens is 1. The fourth-order valence-electron chi connectivity index (χ4n) is 1.72. The minimum atomic E-state index is -4.42. The average molecular weight is 279 g/mol. The van der Waals surface area contributed by atoms with Gasteiger partial charge in [-0.05, 0) is 19.4 Å². The lowest BCUT2D eigenvalue weighted by molar-refractivity contribution is -0.140. The molecule has 1 aliphatic heterocycles. The van der Waals surface area contributed by atoms with Crippen molar-refractivity contribution in [1.82, 2.24) is 15.6 Å². The zero-order valence-electron chi connectivity index (χ0n) is 9.38. The first-order valence-corrected chi connectivity index (χ1v) is 6.37. The second-order valence-corrected chi connectivity index (χ2v) is 4.93. The summed E-state index contributed by atoms with van der Waals surface area (Å²) in [7, 11) is 0. The minimum absolute atomic E-state index is 0.0394. The number of thiazole rings is 1. The highest BCUT2D eigenvalue weighted by Gasteiger charge is 2.33. The van der Waals surface area contributed by atoms with E-state index in [1.807, 2.05) is 0 Å². The van der Waals surface area contributed by atoms with E-state index in [0.717, 1.165) is 36.1 Å². The maximum absolute atomic E-state index is 12.3. The van der Waals surface area contributed by atoms with Crippen LogP contribution in [0.1, 0.15) is 23.5 Å². The largest absolute Gasteiger partial charge is 0.434 e. The van der Waals surface area contributed by atoms with Crippen LogP contribution in [0.2, 0.25) is 0 Å². The first-order valence-electron chi connectivity index (χ1n) is 5.49. The Labute approximate surface area is 106 Å². The predicted molar refractivity (Wildman–Crippen MR) is 60.0 cm³/mol. The molecule has 8 heteroatoms. The molecule has 0 radical (unpaired) electrons. The molecule has 1 aliphatic rings. The summed E-state index contributed by atoms with van der Waals surface area (Å²) in [5, 5.41) is 6.81. The molecule has 1 amide bonds. The summed E-state index contributed by atoms with van der Waals surface area (Å²) in [4.78, 5) is 15.0. The summed E-state index contributed by atoms with van der Waals surface area (Å²) in [6, 6.07) is -0.230. The highest BCUT2D eigenvalue weighted by molar-refractivity contribution is 7.09. The Hall–Kier alpha value is -1.15. The van der Waals surface area contributed by atoms with Crippen molar-refractivity contribution in [2.24, 2.45) is 0 Å². The van der Waals surface area contributed by atoms with Gasteiger partial charge < -0.3 is 10.6 Å². The van der Waals surface area contributed by atoms with E-state index in [-0.39, 0.29) is 23.5 Å². The smallest absolute Gasteiger partial charge is 0.348 e. The summed E-state index contributed by atoms with van der Waals surface area (Å²) in [5.74, 6) is -0.184. The van der Waals surface area contributed by atoms with Crippen molar-refractivity contribution in [2.45, 2.75) is 31.6 Å². The zero-order chi connectivity index (χ0) is 13.2. The molecule has 2 rings (SSSR count). The first kappa shape index (κ1) is 13.3. The highest BCUT2D eigenvalue weighted by atomic mass is 32.1. The maximum atomic E-state index is 12.3. The quantitative estimate of drug-likeness (QED) is 0.882. The maximum Gasteiger partial charge on any atom is 0.434 e. The fourth-order valence-corrected chi connectivity index (χ4v) is 2.46. The van der Waals surface area contributed by atoms with Gasteiger partial charge in [0.15, 0.2) is 5.69 Å². The number of carbonyl (C=O) groups is 1. The Kier molecular flexibility index (Phi) is 3.86. The third-order valence-electron chi connectivity index (χ3n) is 2.63. The van der Waals surface area contributed by atoms with Gasteiger partial charge in [-0.1, -0.05) is 0 Å². The van der Waals surface area contributed by atoms with Gasteiger partial charge in [0, 0.05) is 5.38 Å². The summed E-state index contributed by atoms with van der Waals surface area (Å²) in [5.41, 5.74) is -0.907. The standard InChI is InChI=1S/C10H12F3N3OS/c11-10(12,13)7-5-18-8(16-7)4-15-9(17)6-2-1-3-14-6/h5-6,14H,1-4H2,(H,15,17). The van der Waals surface area contributed by atoms with Gasteiger partial charge in [0.1, 0.15) is 5.01 Å².